The van der Waals surface area contributed by atoms with Crippen LogP contribution in [0.5, 0.6) is 0 Å². The third kappa shape index (κ3) is 29.0. The zero-order chi connectivity index (χ0) is 56.7. The summed E-state index contributed by atoms with van der Waals surface area (Å²) in [6.07, 6.45) is 0.00229. The van der Waals surface area contributed by atoms with Gasteiger partial charge in [0.15, 0.2) is 5.11 Å². The summed E-state index contributed by atoms with van der Waals surface area (Å²) in [6, 6.07) is 0.766. The fourth-order valence-electron chi connectivity index (χ4n) is 7.89. The van der Waals surface area contributed by atoms with Gasteiger partial charge in [0.1, 0.15) is 18.1 Å². The van der Waals surface area contributed by atoms with Crippen molar-refractivity contribution < 1.29 is 93.6 Å². The van der Waals surface area contributed by atoms with Gasteiger partial charge in [-0.3, -0.25) is 58.0 Å². The highest BCUT2D eigenvalue weighted by Crippen LogP contribution is 2.17. The summed E-state index contributed by atoms with van der Waals surface area (Å²) >= 11 is 5.47. The molecular formula is C46H70N10O19S. The monoisotopic (exact) mass is 1100 g/mol. The van der Waals surface area contributed by atoms with Gasteiger partial charge in [0.25, 0.3) is 0 Å². The Bertz CT molecular complexity index is 2160. The minimum absolute atomic E-state index is 0.117. The number of hydrogen-bond acceptors (Lipinski definition) is 16. The van der Waals surface area contributed by atoms with Gasteiger partial charge >= 0.3 is 53.8 Å². The van der Waals surface area contributed by atoms with Crippen LogP contribution in [0.2, 0.25) is 0 Å². The molecule has 0 aromatic heterocycles. The first-order valence-electron chi connectivity index (χ1n) is 24.4. The molecule has 4 atom stereocenters. The quantitative estimate of drug-likeness (QED) is 0.0276. The van der Waals surface area contributed by atoms with E-state index >= 15 is 0 Å². The van der Waals surface area contributed by atoms with Crippen LogP contribution in [0.3, 0.4) is 0 Å². The highest BCUT2D eigenvalue weighted by molar-refractivity contribution is 7.80. The van der Waals surface area contributed by atoms with Gasteiger partial charge in [-0.1, -0.05) is 25.0 Å². The maximum Gasteiger partial charge on any atom is 0.326 e. The Hall–Kier alpha value is -7.28. The topological polar surface area (TPSA) is 435 Å². The van der Waals surface area contributed by atoms with Crippen molar-refractivity contribution in [3.63, 3.8) is 0 Å². The summed E-state index contributed by atoms with van der Waals surface area (Å²) in [6.45, 7) is 0.332. The van der Waals surface area contributed by atoms with E-state index in [2.05, 4.69) is 21.3 Å². The van der Waals surface area contributed by atoms with Gasteiger partial charge in [0, 0.05) is 89.9 Å². The predicted molar refractivity (Wildman–Crippen MR) is 270 cm³/mol. The van der Waals surface area contributed by atoms with E-state index < -0.39 is 128 Å². The first kappa shape index (κ1) is 64.8. The maximum absolute atomic E-state index is 13.0. The molecule has 1 aliphatic heterocycles. The molecule has 30 heteroatoms. The fraction of sp³-hybridized carbons (Fsp3) is 0.609. The lowest BCUT2D eigenvalue weighted by molar-refractivity contribution is -0.142. The predicted octanol–water partition coefficient (Wildman–Crippen LogP) is -1.68. The van der Waals surface area contributed by atoms with Gasteiger partial charge in [0.2, 0.25) is 11.8 Å². The van der Waals surface area contributed by atoms with Gasteiger partial charge < -0.3 is 72.8 Å². The van der Waals surface area contributed by atoms with Crippen LogP contribution < -0.4 is 31.9 Å². The van der Waals surface area contributed by atoms with Crippen molar-refractivity contribution in [2.45, 2.75) is 94.8 Å². The number of unbranched alkanes of at least 4 members (excludes halogenated alkanes) is 3. The summed E-state index contributed by atoms with van der Waals surface area (Å²) in [5.74, 6) is -11.6. The Labute approximate surface area is 442 Å². The molecule has 0 bridgehead atoms. The summed E-state index contributed by atoms with van der Waals surface area (Å²) in [7, 11) is 0. The lowest BCUT2D eigenvalue weighted by Crippen LogP contribution is -2.53. The van der Waals surface area contributed by atoms with E-state index in [9.17, 15) is 88.5 Å². The van der Waals surface area contributed by atoms with Gasteiger partial charge in [-0.2, -0.15) is 0 Å². The van der Waals surface area contributed by atoms with Crippen molar-refractivity contribution in [3.8, 4) is 0 Å². The number of carboxylic acid groups (broad SMARTS) is 8. The van der Waals surface area contributed by atoms with Crippen molar-refractivity contribution in [1.29, 1.82) is 0 Å². The van der Waals surface area contributed by atoms with Crippen molar-refractivity contribution in [3.05, 3.63) is 29.8 Å². The molecule has 76 heavy (non-hydrogen) atoms. The molecule has 14 N–H and O–H groups in total. The number of nitrogens with one attached hydrogen (secondary N) is 6. The third-order valence-electron chi connectivity index (χ3n) is 11.8. The maximum atomic E-state index is 13.0. The third-order valence-corrected chi connectivity index (χ3v) is 12.0. The zero-order valence-electron chi connectivity index (χ0n) is 41.9. The van der Waals surface area contributed by atoms with Crippen LogP contribution in [0, 0.1) is 0 Å². The molecule has 1 saturated heterocycles. The summed E-state index contributed by atoms with van der Waals surface area (Å²) < 4.78 is 0. The SMILES string of the molecule is O=C(O)CC[C@H](NC(=O)N[C@@H](CCC(=O)N[C@@H](CCC(=O)O)C(=O)NCCCCCCNC(=S)Nc1ccc(CC2CN(CC(=O)O)CCN(CC(=O)O)CCN(CC(=O)O)CCN2CC(=O)O)cc1)C(=O)O)C(=O)O. The fourth-order valence-corrected chi connectivity index (χ4v) is 8.11. The van der Waals surface area contributed by atoms with Crippen LogP contribution in [0.15, 0.2) is 24.3 Å². The van der Waals surface area contributed by atoms with Gasteiger partial charge in [-0.15, -0.1) is 0 Å². The van der Waals surface area contributed by atoms with Crippen LogP contribution >= 0.6 is 12.2 Å². The lowest BCUT2D eigenvalue weighted by Gasteiger charge is -2.37. The Morgan fingerprint density at radius 2 is 0.961 bits per heavy atom. The molecule has 29 nitrogen and oxygen atoms in total. The number of hydrogen-bond donors (Lipinski definition) is 14. The molecular weight excluding hydrogens is 1030 g/mol. The number of rotatable bonds is 33. The van der Waals surface area contributed by atoms with Crippen molar-refractivity contribution in [2.24, 2.45) is 0 Å². The number of carbonyl (C=O) groups excluding carboxylic acids is 3. The Balaban J connectivity index is 1.91. The average molecular weight is 1100 g/mol. The lowest BCUT2D eigenvalue weighted by atomic mass is 10.0. The Kier molecular flexibility index (Phi) is 29.9. The molecule has 1 aromatic rings. The molecule has 0 spiro atoms. The Morgan fingerprint density at radius 3 is 1.45 bits per heavy atom. The van der Waals surface area contributed by atoms with E-state index in [-0.39, 0.29) is 84.8 Å². The van der Waals surface area contributed by atoms with Crippen molar-refractivity contribution >= 4 is 88.6 Å². The molecule has 2 rings (SSSR count). The molecule has 1 aliphatic rings. The highest BCUT2D eigenvalue weighted by atomic mass is 32.1. The van der Waals surface area contributed by atoms with E-state index in [1.807, 2.05) is 22.8 Å². The molecule has 0 aliphatic carbocycles. The van der Waals surface area contributed by atoms with E-state index in [4.69, 9.17) is 17.3 Å². The second-order valence-corrected chi connectivity index (χ2v) is 18.3. The number of benzene rings is 1. The van der Waals surface area contributed by atoms with Crippen molar-refractivity contribution in [2.75, 3.05) is 90.4 Å². The average Bonchev–Trinajstić information content (AvgIpc) is 3.32. The first-order chi connectivity index (χ1) is 35.9. The summed E-state index contributed by atoms with van der Waals surface area (Å²) in [4.78, 5) is 137. The van der Waals surface area contributed by atoms with Crippen LogP contribution in [0.4, 0.5) is 10.5 Å². The second-order valence-electron chi connectivity index (χ2n) is 17.9. The van der Waals surface area contributed by atoms with E-state index in [1.54, 1.807) is 31.7 Å². The minimum atomic E-state index is -1.69. The van der Waals surface area contributed by atoms with E-state index in [0.29, 0.717) is 36.6 Å². The minimum Gasteiger partial charge on any atom is -0.481 e. The molecule has 0 radical (unpaired) electrons. The number of amides is 4. The molecule has 1 heterocycles. The van der Waals surface area contributed by atoms with Crippen LogP contribution in [0.25, 0.3) is 0 Å². The molecule has 424 valence electrons. The van der Waals surface area contributed by atoms with E-state index in [0.717, 1.165) is 12.0 Å². The summed E-state index contributed by atoms with van der Waals surface area (Å²) in [5.41, 5.74) is 1.42. The van der Waals surface area contributed by atoms with Crippen LogP contribution in [-0.4, -0.2) is 240 Å². The molecule has 1 unspecified atom stereocenters. The highest BCUT2D eigenvalue weighted by Gasteiger charge is 2.29. The normalized spacial score (nSPS) is 16.2. The number of thiocarbonyl (C=S) groups is 1. The molecule has 4 amide bonds. The van der Waals surface area contributed by atoms with Gasteiger partial charge in [-0.25, -0.2) is 14.4 Å². The van der Waals surface area contributed by atoms with Crippen molar-refractivity contribution in [1.82, 2.24) is 46.2 Å². The number of aliphatic carboxylic acids is 8. The number of urea groups is 1. The number of carboxylic acids is 8. The number of anilines is 1. The smallest absolute Gasteiger partial charge is 0.326 e. The van der Waals surface area contributed by atoms with Gasteiger partial charge in [0.05, 0.1) is 26.2 Å². The first-order valence-corrected chi connectivity index (χ1v) is 24.8. The standard InChI is InChI=1S/C46H70N10O19S/c57-35(12-9-33(43(71)72)51-45(75)52-34(44(73)74)11-14-37(60)61)50-32(10-13-36(58)59)42(70)47-15-3-1-2-4-16-48-46(76)49-30-7-5-29(6-8-30)23-31-24-55(27-40(66)67)20-19-53(25-38(62)63)17-18-54(26-39(64)65)21-22-56(31)28-41(68)69/h5-8,31-34H,1-4,9-28H2,(H,47,70)(H,50,57)(H,58,59)(H,60,61)(H,62,63)(H,64,65)(H,66,67)(H,68,69)(H,71,72)(H,73,74)(H2,48,49,76)(H2,51,52,75)/t31?,32-,33-,34-/m0/s1. The summed E-state index contributed by atoms with van der Waals surface area (Å²) in [5, 5.41) is 90.9. The second kappa shape index (κ2) is 35.1. The zero-order valence-corrected chi connectivity index (χ0v) is 42.7. The van der Waals surface area contributed by atoms with Crippen LogP contribution in [0.1, 0.15) is 69.8 Å². The Morgan fingerprint density at radius 1 is 0.513 bits per heavy atom. The largest absolute Gasteiger partial charge is 0.481 e. The molecule has 1 aromatic carbocycles. The molecule has 0 saturated carbocycles. The van der Waals surface area contributed by atoms with Crippen LogP contribution in [-0.2, 0) is 54.4 Å². The molecule has 1 fully saturated rings. The number of carbonyl (C=O) groups is 11. The van der Waals surface area contributed by atoms with E-state index in [1.165, 1.54) is 0 Å². The number of nitrogens with zero attached hydrogens (tertiary/aromatic N) is 4. The van der Waals surface area contributed by atoms with Gasteiger partial charge in [-0.05, 0) is 68.4 Å².